The van der Waals surface area contributed by atoms with Gasteiger partial charge in [-0.25, -0.2) is 18.2 Å². The molecular weight excluding hydrogens is 350 g/mol. The van der Waals surface area contributed by atoms with Crippen LogP contribution in [-0.2, 0) is 14.8 Å². The molecule has 0 atom stereocenters. The van der Waals surface area contributed by atoms with Crippen molar-refractivity contribution in [1.29, 1.82) is 0 Å². The van der Waals surface area contributed by atoms with Crippen LogP contribution in [0.3, 0.4) is 0 Å². The van der Waals surface area contributed by atoms with Crippen molar-refractivity contribution in [1.82, 2.24) is 14.2 Å². The number of rotatable bonds is 2. The summed E-state index contributed by atoms with van der Waals surface area (Å²) in [7, 11) is -2.37. The molecule has 0 N–H and O–H groups in total. The molecule has 0 fully saturated rings. The van der Waals surface area contributed by atoms with Crippen molar-refractivity contribution < 1.29 is 27.4 Å². The number of methoxy groups -OCH3 is 1. The number of hydrogen-bond acceptors (Lipinski definition) is 7. The summed E-state index contributed by atoms with van der Waals surface area (Å²) in [6.07, 6.45) is 0.882. The van der Waals surface area contributed by atoms with Gasteiger partial charge in [-0.2, -0.15) is 4.31 Å². The van der Waals surface area contributed by atoms with E-state index in [-0.39, 0.29) is 18.0 Å². The molecule has 1 amide bonds. The van der Waals surface area contributed by atoms with Crippen LogP contribution in [0.4, 0.5) is 4.79 Å². The van der Waals surface area contributed by atoms with Gasteiger partial charge in [0.25, 0.3) is 5.88 Å². The molecule has 4 rings (SSSR count). The van der Waals surface area contributed by atoms with E-state index in [1.807, 2.05) is 0 Å². The second-order valence-corrected chi connectivity index (χ2v) is 7.92. The first-order valence-electron chi connectivity index (χ1n) is 7.77. The van der Waals surface area contributed by atoms with E-state index in [9.17, 15) is 13.2 Å². The third-order valence-electron chi connectivity index (χ3n) is 4.44. The summed E-state index contributed by atoms with van der Waals surface area (Å²) in [5.41, 5.74) is 1.89. The first kappa shape index (κ1) is 16.2. The summed E-state index contributed by atoms with van der Waals surface area (Å²) in [5.74, 6) is 0.643. The zero-order valence-electron chi connectivity index (χ0n) is 13.6. The van der Waals surface area contributed by atoms with E-state index in [0.717, 1.165) is 11.1 Å². The summed E-state index contributed by atoms with van der Waals surface area (Å²) in [6.45, 7) is 2.08. The van der Waals surface area contributed by atoms with Gasteiger partial charge in [0.05, 0.1) is 13.3 Å². The number of fused-ring (bicyclic) bond motifs is 1. The molecule has 1 aromatic heterocycles. The van der Waals surface area contributed by atoms with E-state index in [1.165, 1.54) is 23.7 Å². The maximum Gasteiger partial charge on any atom is 0.410 e. The fourth-order valence-electron chi connectivity index (χ4n) is 3.18. The minimum absolute atomic E-state index is 0.0720. The molecule has 10 heteroatoms. The van der Waals surface area contributed by atoms with Gasteiger partial charge in [-0.3, -0.25) is 0 Å². The molecule has 134 valence electrons. The number of amides is 1. The molecule has 0 spiro atoms. The highest BCUT2D eigenvalue weighted by atomic mass is 32.2. The molecule has 9 nitrogen and oxygen atoms in total. The fourth-order valence-corrected chi connectivity index (χ4v) is 4.57. The normalized spacial score (nSPS) is 20.0. The van der Waals surface area contributed by atoms with Crippen LogP contribution < -0.4 is 9.47 Å². The standard InChI is InChI=1S/C15H17N3O6S/c1-22-15(19)17-6-10-8-18(9-11(10)7-17)25(20,21)12-4-13-14(16-5-12)24-3-2-23-13/h4-5H,2-3,6-9H2,1H3. The topological polar surface area (TPSA) is 98.3 Å². The van der Waals surface area contributed by atoms with Crippen LogP contribution in [0.15, 0.2) is 28.3 Å². The largest absolute Gasteiger partial charge is 0.484 e. The Labute approximate surface area is 144 Å². The number of carbonyl (C=O) groups excluding carboxylic acids is 1. The third kappa shape index (κ3) is 2.71. The van der Waals surface area contributed by atoms with E-state index in [1.54, 1.807) is 4.90 Å². The lowest BCUT2D eigenvalue weighted by atomic mass is 10.2. The van der Waals surface area contributed by atoms with E-state index < -0.39 is 16.1 Å². The number of sulfonamides is 1. The lowest BCUT2D eigenvalue weighted by molar-refractivity contribution is 0.133. The van der Waals surface area contributed by atoms with E-state index in [2.05, 4.69) is 4.98 Å². The summed E-state index contributed by atoms with van der Waals surface area (Å²) >= 11 is 0. The monoisotopic (exact) mass is 367 g/mol. The Morgan fingerprint density at radius 1 is 1.16 bits per heavy atom. The van der Waals surface area contributed by atoms with Gasteiger partial charge >= 0.3 is 6.09 Å². The first-order valence-corrected chi connectivity index (χ1v) is 9.21. The van der Waals surface area contributed by atoms with Crippen LogP contribution in [0.5, 0.6) is 11.6 Å². The molecule has 0 bridgehead atoms. The van der Waals surface area contributed by atoms with Gasteiger partial charge in [-0.15, -0.1) is 0 Å². The molecule has 25 heavy (non-hydrogen) atoms. The first-order chi connectivity index (χ1) is 12.0. The van der Waals surface area contributed by atoms with Gasteiger partial charge in [0, 0.05) is 32.2 Å². The van der Waals surface area contributed by atoms with Crippen molar-refractivity contribution >= 4 is 16.1 Å². The van der Waals surface area contributed by atoms with E-state index in [0.29, 0.717) is 37.9 Å². The average Bonchev–Trinajstić information content (AvgIpc) is 3.20. The number of ether oxygens (including phenoxy) is 3. The van der Waals surface area contributed by atoms with Crippen LogP contribution in [0.2, 0.25) is 0 Å². The average molecular weight is 367 g/mol. The fraction of sp³-hybridized carbons (Fsp3) is 0.467. The van der Waals surface area contributed by atoms with Crippen LogP contribution in [0.25, 0.3) is 0 Å². The predicted octanol–water partition coefficient (Wildman–Crippen LogP) is 0.236. The zero-order valence-corrected chi connectivity index (χ0v) is 14.4. The molecule has 0 saturated carbocycles. The Morgan fingerprint density at radius 3 is 2.52 bits per heavy atom. The molecule has 4 heterocycles. The quantitative estimate of drug-likeness (QED) is 0.690. The zero-order chi connectivity index (χ0) is 17.6. The van der Waals surface area contributed by atoms with Crippen molar-refractivity contribution in [3.63, 3.8) is 0 Å². The molecule has 1 aromatic rings. The number of nitrogens with zero attached hydrogens (tertiary/aromatic N) is 3. The van der Waals surface area contributed by atoms with Gasteiger partial charge in [0.15, 0.2) is 5.75 Å². The number of hydrogen-bond donors (Lipinski definition) is 0. The number of pyridine rings is 1. The SMILES string of the molecule is COC(=O)N1CC2=C(C1)CN(S(=O)(=O)c1cnc3c(c1)OCCO3)C2. The summed E-state index contributed by atoms with van der Waals surface area (Å²) in [4.78, 5) is 17.3. The summed E-state index contributed by atoms with van der Waals surface area (Å²) in [5, 5.41) is 0. The van der Waals surface area contributed by atoms with Crippen molar-refractivity contribution in [2.45, 2.75) is 4.90 Å². The maximum absolute atomic E-state index is 12.9. The van der Waals surface area contributed by atoms with Crippen molar-refractivity contribution in [3.8, 4) is 11.6 Å². The number of aromatic nitrogens is 1. The maximum atomic E-state index is 12.9. The molecule has 0 saturated heterocycles. The summed E-state index contributed by atoms with van der Waals surface area (Å²) < 4.78 is 42.6. The Balaban J connectivity index is 1.51. The molecule has 0 aromatic carbocycles. The van der Waals surface area contributed by atoms with Gasteiger partial charge in [-0.1, -0.05) is 0 Å². The predicted molar refractivity (Wildman–Crippen MR) is 85.0 cm³/mol. The van der Waals surface area contributed by atoms with Crippen LogP contribution >= 0.6 is 0 Å². The van der Waals surface area contributed by atoms with Crippen molar-refractivity contribution in [3.05, 3.63) is 23.4 Å². The lowest BCUT2D eigenvalue weighted by Gasteiger charge is -2.22. The molecule has 0 aliphatic carbocycles. The van der Waals surface area contributed by atoms with Gasteiger partial charge in [0.1, 0.15) is 18.1 Å². The van der Waals surface area contributed by atoms with Crippen LogP contribution in [0.1, 0.15) is 0 Å². The van der Waals surface area contributed by atoms with Crippen LogP contribution in [-0.4, -0.2) is 75.2 Å². The Kier molecular flexibility index (Phi) is 3.80. The second kappa shape index (κ2) is 5.88. The van der Waals surface area contributed by atoms with E-state index >= 15 is 0 Å². The van der Waals surface area contributed by atoms with Gasteiger partial charge in [-0.05, 0) is 11.1 Å². The highest BCUT2D eigenvalue weighted by Crippen LogP contribution is 2.33. The van der Waals surface area contributed by atoms with Crippen molar-refractivity contribution in [2.24, 2.45) is 0 Å². The molecule has 3 aliphatic rings. The van der Waals surface area contributed by atoms with Crippen molar-refractivity contribution in [2.75, 3.05) is 46.5 Å². The minimum Gasteiger partial charge on any atom is -0.484 e. The minimum atomic E-state index is -3.70. The molecule has 0 radical (unpaired) electrons. The number of carbonyl (C=O) groups is 1. The Bertz CT molecular complexity index is 848. The molecule has 3 aliphatic heterocycles. The Morgan fingerprint density at radius 2 is 1.84 bits per heavy atom. The second-order valence-electron chi connectivity index (χ2n) is 5.98. The third-order valence-corrected chi connectivity index (χ3v) is 6.20. The smallest absolute Gasteiger partial charge is 0.410 e. The Hall–Kier alpha value is -2.33. The van der Waals surface area contributed by atoms with Crippen LogP contribution in [0, 0.1) is 0 Å². The highest BCUT2D eigenvalue weighted by molar-refractivity contribution is 7.89. The van der Waals surface area contributed by atoms with Gasteiger partial charge < -0.3 is 19.1 Å². The highest BCUT2D eigenvalue weighted by Gasteiger charge is 2.38. The summed E-state index contributed by atoms with van der Waals surface area (Å²) in [6, 6.07) is 1.45. The lowest BCUT2D eigenvalue weighted by Crippen LogP contribution is -2.36. The van der Waals surface area contributed by atoms with E-state index in [4.69, 9.17) is 14.2 Å². The van der Waals surface area contributed by atoms with Gasteiger partial charge in [0.2, 0.25) is 10.0 Å². The molecular formula is C15H17N3O6S. The molecule has 0 unspecified atom stereocenters.